The molecule has 0 bridgehead atoms. The number of aliphatic hydroxyl groups is 1. The number of carbonyl (C=O) groups is 1. The summed E-state index contributed by atoms with van der Waals surface area (Å²) in [6.07, 6.45) is 1.58. The Bertz CT molecular complexity index is 841. The number of ketones is 1. The predicted octanol–water partition coefficient (Wildman–Crippen LogP) is 2.77. The molecule has 116 valence electrons. The number of aliphatic hydroxyl groups excluding tert-OH is 1. The number of nitrogens with one attached hydrogen (secondary N) is 1. The Balaban J connectivity index is 1.82. The van der Waals surface area contributed by atoms with Gasteiger partial charge in [0.15, 0.2) is 0 Å². The molecule has 23 heavy (non-hydrogen) atoms. The van der Waals surface area contributed by atoms with Gasteiger partial charge in [0.05, 0.1) is 0 Å². The van der Waals surface area contributed by atoms with Crippen LogP contribution in [0.15, 0.2) is 41.1 Å². The van der Waals surface area contributed by atoms with Crippen LogP contribution in [0.2, 0.25) is 0 Å². The fourth-order valence-electron chi connectivity index (χ4n) is 2.04. The number of nitrogens with zero attached hydrogens (tertiary/aromatic N) is 3. The van der Waals surface area contributed by atoms with E-state index in [1.54, 1.807) is 17.5 Å². The van der Waals surface area contributed by atoms with E-state index in [4.69, 9.17) is 0 Å². The van der Waals surface area contributed by atoms with E-state index in [1.165, 1.54) is 23.5 Å². The minimum Gasteiger partial charge on any atom is -0.507 e. The topological polar surface area (TPSA) is 91.8 Å². The summed E-state index contributed by atoms with van der Waals surface area (Å²) in [7, 11) is 0. The van der Waals surface area contributed by atoms with Gasteiger partial charge in [0.1, 0.15) is 11.6 Å². The fourth-order valence-corrected chi connectivity index (χ4v) is 2.89. The minimum atomic E-state index is -0.546. The number of halogens is 1. The van der Waals surface area contributed by atoms with Crippen molar-refractivity contribution in [3.8, 4) is 0 Å². The molecule has 2 heterocycles. The smallest absolute Gasteiger partial charge is 0.244 e. The van der Waals surface area contributed by atoms with Crippen molar-refractivity contribution in [1.29, 1.82) is 0 Å². The number of hydrogen-bond acceptors (Lipinski definition) is 6. The van der Waals surface area contributed by atoms with Crippen LogP contribution in [0.1, 0.15) is 27.3 Å². The molecule has 0 fully saturated rings. The summed E-state index contributed by atoms with van der Waals surface area (Å²) in [4.78, 5) is 11.9. The summed E-state index contributed by atoms with van der Waals surface area (Å²) in [5.74, 6) is -1.13. The van der Waals surface area contributed by atoms with E-state index in [1.807, 2.05) is 5.38 Å². The van der Waals surface area contributed by atoms with Crippen molar-refractivity contribution in [2.75, 3.05) is 0 Å². The average Bonchev–Trinajstić information content (AvgIpc) is 3.20. The largest absolute Gasteiger partial charge is 0.507 e. The number of thiophene rings is 1. The summed E-state index contributed by atoms with van der Waals surface area (Å²) >= 11 is 1.41. The molecule has 6 nitrogen and oxygen atoms in total. The van der Waals surface area contributed by atoms with E-state index in [9.17, 15) is 14.3 Å². The van der Waals surface area contributed by atoms with Gasteiger partial charge in [-0.2, -0.15) is 16.6 Å². The number of aromatic amines is 1. The Morgan fingerprint density at radius 1 is 1.30 bits per heavy atom. The molecule has 0 aliphatic heterocycles. The van der Waals surface area contributed by atoms with Crippen molar-refractivity contribution in [1.82, 2.24) is 20.6 Å². The third-order valence-electron chi connectivity index (χ3n) is 3.16. The lowest BCUT2D eigenvalue weighted by Crippen LogP contribution is -2.00. The highest BCUT2D eigenvalue weighted by Gasteiger charge is 2.14. The predicted molar refractivity (Wildman–Crippen MR) is 82.6 cm³/mol. The van der Waals surface area contributed by atoms with Crippen molar-refractivity contribution >= 4 is 22.9 Å². The van der Waals surface area contributed by atoms with Gasteiger partial charge in [0, 0.05) is 17.0 Å². The normalized spacial score (nSPS) is 11.6. The molecule has 0 saturated heterocycles. The average molecular weight is 330 g/mol. The molecule has 2 aromatic heterocycles. The van der Waals surface area contributed by atoms with Gasteiger partial charge in [-0.1, -0.05) is 12.1 Å². The van der Waals surface area contributed by atoms with Crippen molar-refractivity contribution in [3.63, 3.8) is 0 Å². The van der Waals surface area contributed by atoms with E-state index >= 15 is 0 Å². The highest BCUT2D eigenvalue weighted by atomic mass is 32.1. The van der Waals surface area contributed by atoms with Crippen LogP contribution in [0.25, 0.3) is 5.76 Å². The van der Waals surface area contributed by atoms with Crippen molar-refractivity contribution < 1.29 is 14.3 Å². The van der Waals surface area contributed by atoms with Gasteiger partial charge in [-0.3, -0.25) is 4.79 Å². The first-order valence-corrected chi connectivity index (χ1v) is 7.56. The van der Waals surface area contributed by atoms with Crippen LogP contribution in [0.4, 0.5) is 4.39 Å². The zero-order valence-corrected chi connectivity index (χ0v) is 12.5. The molecule has 0 amide bonds. The molecule has 0 radical (unpaired) electrons. The molecule has 0 saturated carbocycles. The summed E-state index contributed by atoms with van der Waals surface area (Å²) in [5, 5.41) is 26.4. The van der Waals surface area contributed by atoms with Crippen molar-refractivity contribution in [3.05, 3.63) is 69.4 Å². The molecule has 0 spiro atoms. The third kappa shape index (κ3) is 3.49. The number of hydrogen-bond donors (Lipinski definition) is 2. The maximum absolute atomic E-state index is 12.9. The van der Waals surface area contributed by atoms with Gasteiger partial charge in [-0.25, -0.2) is 4.39 Å². The quantitative estimate of drug-likeness (QED) is 0.426. The van der Waals surface area contributed by atoms with Crippen LogP contribution in [-0.2, 0) is 6.42 Å². The highest BCUT2D eigenvalue weighted by molar-refractivity contribution is 7.08. The van der Waals surface area contributed by atoms with Gasteiger partial charge in [0.2, 0.25) is 11.6 Å². The zero-order chi connectivity index (χ0) is 16.2. The molecule has 0 aliphatic carbocycles. The Labute approximate surface area is 134 Å². The van der Waals surface area contributed by atoms with Gasteiger partial charge < -0.3 is 5.11 Å². The van der Waals surface area contributed by atoms with Crippen LogP contribution in [-0.4, -0.2) is 31.5 Å². The lowest BCUT2D eigenvalue weighted by Gasteiger charge is -2.04. The molecule has 3 rings (SSSR count). The Morgan fingerprint density at radius 3 is 2.78 bits per heavy atom. The molecule has 2 N–H and O–H groups in total. The lowest BCUT2D eigenvalue weighted by atomic mass is 10.0. The molecular weight excluding hydrogens is 319 g/mol. The summed E-state index contributed by atoms with van der Waals surface area (Å²) in [6.45, 7) is 0. The van der Waals surface area contributed by atoms with Gasteiger partial charge >= 0.3 is 0 Å². The van der Waals surface area contributed by atoms with E-state index in [0.717, 1.165) is 17.2 Å². The Hall–Kier alpha value is -2.87. The molecule has 1 aromatic carbocycles. The molecular formula is C15H11FN4O2S. The number of H-pyrrole nitrogens is 1. The number of tetrazole rings is 1. The Kier molecular flexibility index (Phi) is 4.24. The van der Waals surface area contributed by atoms with E-state index in [2.05, 4.69) is 20.6 Å². The molecule has 8 heteroatoms. The number of aromatic nitrogens is 4. The number of carbonyl (C=O) groups excluding carboxylic acids is 1. The number of benzene rings is 1. The minimum absolute atomic E-state index is 0.119. The van der Waals surface area contributed by atoms with Crippen molar-refractivity contribution in [2.24, 2.45) is 0 Å². The molecule has 0 unspecified atom stereocenters. The number of allylic oxidation sites excluding steroid dienone is 1. The van der Waals surface area contributed by atoms with Crippen molar-refractivity contribution in [2.45, 2.75) is 6.42 Å². The summed E-state index contributed by atoms with van der Waals surface area (Å²) < 4.78 is 12.9. The van der Waals surface area contributed by atoms with Crippen LogP contribution in [0, 0.1) is 5.82 Å². The van der Waals surface area contributed by atoms with E-state index < -0.39 is 5.78 Å². The lowest BCUT2D eigenvalue weighted by molar-refractivity contribution is 0.103. The molecule has 0 atom stereocenters. The van der Waals surface area contributed by atoms with Crippen LogP contribution >= 0.6 is 11.3 Å². The third-order valence-corrected chi connectivity index (χ3v) is 3.95. The maximum Gasteiger partial charge on any atom is 0.244 e. The van der Waals surface area contributed by atoms with E-state index in [0.29, 0.717) is 12.0 Å². The van der Waals surface area contributed by atoms with Gasteiger partial charge in [-0.15, -0.1) is 10.2 Å². The zero-order valence-electron chi connectivity index (χ0n) is 11.7. The monoisotopic (exact) mass is 330 g/mol. The van der Waals surface area contributed by atoms with Crippen LogP contribution in [0.3, 0.4) is 0 Å². The SMILES string of the molecule is O=C(C=C(O)c1cscc1Cc1ccc(F)cc1)c1nn[nH]n1. The summed E-state index contributed by atoms with van der Waals surface area (Å²) in [5.41, 5.74) is 2.30. The molecule has 3 aromatic rings. The fraction of sp³-hybridized carbons (Fsp3) is 0.0667. The standard InChI is InChI=1S/C15H11FN4O2S/c16-11-3-1-9(2-4-11)5-10-7-23-8-12(10)13(21)6-14(22)15-17-19-20-18-15/h1-4,6-8,21H,5H2,(H,17,18,19,20). The summed E-state index contributed by atoms with van der Waals surface area (Å²) in [6, 6.07) is 6.14. The van der Waals surface area contributed by atoms with Crippen LogP contribution in [0.5, 0.6) is 0 Å². The highest BCUT2D eigenvalue weighted by Crippen LogP contribution is 2.24. The van der Waals surface area contributed by atoms with E-state index in [-0.39, 0.29) is 17.4 Å². The molecule has 0 aliphatic rings. The second-order valence-electron chi connectivity index (χ2n) is 4.74. The number of rotatable bonds is 5. The van der Waals surface area contributed by atoms with Gasteiger partial charge in [0.25, 0.3) is 0 Å². The maximum atomic E-state index is 12.9. The first-order valence-electron chi connectivity index (χ1n) is 6.62. The second-order valence-corrected chi connectivity index (χ2v) is 5.49. The first-order chi connectivity index (χ1) is 11.1. The second kappa shape index (κ2) is 6.49. The van der Waals surface area contributed by atoms with Gasteiger partial charge in [-0.05, 0) is 40.3 Å². The Morgan fingerprint density at radius 2 is 2.09 bits per heavy atom. The van der Waals surface area contributed by atoms with Crippen LogP contribution < -0.4 is 0 Å². The first kappa shape index (κ1) is 15.0.